The van der Waals surface area contributed by atoms with Crippen LogP contribution >= 0.6 is 12.4 Å². The first-order valence-corrected chi connectivity index (χ1v) is 11.9. The van der Waals surface area contributed by atoms with Gasteiger partial charge in [-0.25, -0.2) is 0 Å². The van der Waals surface area contributed by atoms with E-state index in [1.54, 1.807) is 7.11 Å². The van der Waals surface area contributed by atoms with Crippen molar-refractivity contribution in [3.63, 3.8) is 0 Å². The number of fused-ring (bicyclic) bond motifs is 1. The van der Waals surface area contributed by atoms with Gasteiger partial charge in [0.15, 0.2) is 0 Å². The molecule has 0 amide bonds. The van der Waals surface area contributed by atoms with Crippen LogP contribution in [0.3, 0.4) is 0 Å². The molecule has 1 N–H and O–H groups in total. The highest BCUT2D eigenvalue weighted by Gasteiger charge is 2.27. The molecule has 0 aromatic heterocycles. The Bertz CT molecular complexity index is 1230. The Labute approximate surface area is 213 Å². The summed E-state index contributed by atoms with van der Waals surface area (Å²) in [6.45, 7) is 2.95. The van der Waals surface area contributed by atoms with E-state index in [1.807, 2.05) is 18.2 Å². The number of hydrogen-bond acceptors (Lipinski definition) is 4. The van der Waals surface area contributed by atoms with Gasteiger partial charge < -0.3 is 19.5 Å². The second-order valence-corrected chi connectivity index (χ2v) is 8.80. The van der Waals surface area contributed by atoms with Gasteiger partial charge in [-0.3, -0.25) is 0 Å². The molecule has 4 nitrogen and oxygen atoms in total. The SMILES string of the molecule is COc1ccccc1COC1CNCCC1c1ccc(OCc2ccc3ccccc3c2)cc1.Cl. The molecule has 0 saturated carbocycles. The van der Waals surface area contributed by atoms with Crippen LogP contribution < -0.4 is 14.8 Å². The fourth-order valence-electron chi connectivity index (χ4n) is 4.71. The molecule has 4 aromatic carbocycles. The maximum atomic E-state index is 6.38. The molecule has 5 rings (SSSR count). The van der Waals surface area contributed by atoms with Crippen molar-refractivity contribution in [1.82, 2.24) is 5.32 Å². The zero-order valence-corrected chi connectivity index (χ0v) is 20.8. The Hall–Kier alpha value is -3.05. The van der Waals surface area contributed by atoms with Crippen LogP contribution in [0.4, 0.5) is 0 Å². The number of halogens is 1. The minimum Gasteiger partial charge on any atom is -0.496 e. The summed E-state index contributed by atoms with van der Waals surface area (Å²) >= 11 is 0. The van der Waals surface area contributed by atoms with Gasteiger partial charge in [0.25, 0.3) is 0 Å². The van der Waals surface area contributed by atoms with Gasteiger partial charge >= 0.3 is 0 Å². The highest BCUT2D eigenvalue weighted by atomic mass is 35.5. The summed E-state index contributed by atoms with van der Waals surface area (Å²) in [5.74, 6) is 2.11. The molecule has 182 valence electrons. The van der Waals surface area contributed by atoms with Crippen LogP contribution in [0, 0.1) is 0 Å². The zero-order valence-electron chi connectivity index (χ0n) is 20.0. The van der Waals surface area contributed by atoms with E-state index >= 15 is 0 Å². The van der Waals surface area contributed by atoms with Crippen molar-refractivity contribution in [3.8, 4) is 11.5 Å². The van der Waals surface area contributed by atoms with Gasteiger partial charge in [0.1, 0.15) is 18.1 Å². The number of ether oxygens (including phenoxy) is 3. The molecule has 4 aromatic rings. The van der Waals surface area contributed by atoms with Gasteiger partial charge in [-0.2, -0.15) is 0 Å². The Kier molecular flexibility index (Phi) is 8.64. The number of nitrogens with one attached hydrogen (secondary N) is 1. The van der Waals surface area contributed by atoms with Gasteiger partial charge in [-0.15, -0.1) is 12.4 Å². The minimum absolute atomic E-state index is 0. The number of para-hydroxylation sites is 1. The summed E-state index contributed by atoms with van der Waals surface area (Å²) in [7, 11) is 1.70. The van der Waals surface area contributed by atoms with Gasteiger partial charge in [0.2, 0.25) is 0 Å². The van der Waals surface area contributed by atoms with Crippen molar-refractivity contribution in [1.29, 1.82) is 0 Å². The molecule has 0 spiro atoms. The summed E-state index contributed by atoms with van der Waals surface area (Å²) < 4.78 is 17.9. The van der Waals surface area contributed by atoms with Crippen LogP contribution in [0.2, 0.25) is 0 Å². The number of benzene rings is 4. The summed E-state index contributed by atoms with van der Waals surface area (Å²) in [5, 5.41) is 5.97. The maximum Gasteiger partial charge on any atom is 0.124 e. The van der Waals surface area contributed by atoms with E-state index in [-0.39, 0.29) is 18.5 Å². The number of methoxy groups -OCH3 is 1. The summed E-state index contributed by atoms with van der Waals surface area (Å²) in [4.78, 5) is 0. The van der Waals surface area contributed by atoms with Gasteiger partial charge in [0.05, 0.1) is 19.8 Å². The molecule has 0 bridgehead atoms. The molecule has 0 radical (unpaired) electrons. The molecule has 2 atom stereocenters. The lowest BCUT2D eigenvalue weighted by molar-refractivity contribution is 0.00982. The zero-order chi connectivity index (χ0) is 23.2. The average Bonchev–Trinajstić information content (AvgIpc) is 2.91. The van der Waals surface area contributed by atoms with E-state index in [2.05, 4.69) is 78.1 Å². The summed E-state index contributed by atoms with van der Waals surface area (Å²) in [5.41, 5.74) is 3.54. The molecule has 1 fully saturated rings. The molecular formula is C30H32ClNO3. The van der Waals surface area contributed by atoms with Crippen molar-refractivity contribution in [2.45, 2.75) is 31.7 Å². The third kappa shape index (κ3) is 6.15. The topological polar surface area (TPSA) is 39.7 Å². The van der Waals surface area contributed by atoms with Crippen molar-refractivity contribution >= 4 is 23.2 Å². The lowest BCUT2D eigenvalue weighted by Gasteiger charge is -2.32. The van der Waals surface area contributed by atoms with Crippen molar-refractivity contribution < 1.29 is 14.2 Å². The fourth-order valence-corrected chi connectivity index (χ4v) is 4.71. The van der Waals surface area contributed by atoms with Crippen LogP contribution in [0.25, 0.3) is 10.8 Å². The Morgan fingerprint density at radius 1 is 0.829 bits per heavy atom. The van der Waals surface area contributed by atoms with Gasteiger partial charge in [0, 0.05) is 18.0 Å². The highest BCUT2D eigenvalue weighted by Crippen LogP contribution is 2.31. The molecule has 2 unspecified atom stereocenters. The summed E-state index contributed by atoms with van der Waals surface area (Å²) in [6, 6.07) is 31.5. The van der Waals surface area contributed by atoms with Gasteiger partial charge in [-0.05, 0) is 59.1 Å². The maximum absolute atomic E-state index is 6.38. The van der Waals surface area contributed by atoms with E-state index < -0.39 is 0 Å². The van der Waals surface area contributed by atoms with E-state index in [0.717, 1.165) is 36.6 Å². The number of piperidine rings is 1. The highest BCUT2D eigenvalue weighted by molar-refractivity contribution is 5.85. The quantitative estimate of drug-likeness (QED) is 0.306. The first kappa shape index (κ1) is 25.1. The Balaban J connectivity index is 0.00000289. The molecular weight excluding hydrogens is 458 g/mol. The van der Waals surface area contributed by atoms with Crippen LogP contribution in [-0.2, 0) is 18.0 Å². The lowest BCUT2D eigenvalue weighted by Crippen LogP contribution is -2.40. The predicted octanol–water partition coefficient (Wildman–Crippen LogP) is 6.51. The van der Waals surface area contributed by atoms with Gasteiger partial charge in [-0.1, -0.05) is 66.7 Å². The fraction of sp³-hybridized carbons (Fsp3) is 0.267. The molecule has 1 heterocycles. The van der Waals surface area contributed by atoms with Crippen LogP contribution in [0.15, 0.2) is 91.0 Å². The smallest absolute Gasteiger partial charge is 0.124 e. The third-order valence-corrected chi connectivity index (χ3v) is 6.60. The van der Waals surface area contributed by atoms with Crippen LogP contribution in [0.1, 0.15) is 29.0 Å². The van der Waals surface area contributed by atoms with E-state index in [9.17, 15) is 0 Å². The standard InChI is InChI=1S/C30H31NO3.ClH/c1-32-29-9-5-4-8-26(29)21-34-30-19-31-17-16-28(30)24-12-14-27(15-13-24)33-20-22-10-11-23-6-2-3-7-25(23)18-22;/h2-15,18,28,30-31H,16-17,19-21H2,1H3;1H. The van der Waals surface area contributed by atoms with E-state index in [1.165, 1.54) is 21.9 Å². The largest absolute Gasteiger partial charge is 0.496 e. The molecule has 35 heavy (non-hydrogen) atoms. The third-order valence-electron chi connectivity index (χ3n) is 6.60. The number of rotatable bonds is 8. The minimum atomic E-state index is 0. The number of hydrogen-bond donors (Lipinski definition) is 1. The molecule has 0 aliphatic carbocycles. The lowest BCUT2D eigenvalue weighted by atomic mass is 9.87. The van der Waals surface area contributed by atoms with Crippen LogP contribution in [-0.4, -0.2) is 26.3 Å². The predicted molar refractivity (Wildman–Crippen MR) is 144 cm³/mol. The van der Waals surface area contributed by atoms with E-state index in [4.69, 9.17) is 14.2 Å². The first-order chi connectivity index (χ1) is 16.8. The normalized spacial score (nSPS) is 17.5. The Morgan fingerprint density at radius 2 is 1.60 bits per heavy atom. The molecule has 1 saturated heterocycles. The second kappa shape index (κ2) is 12.1. The molecule has 5 heteroatoms. The summed E-state index contributed by atoms with van der Waals surface area (Å²) in [6.07, 6.45) is 1.16. The van der Waals surface area contributed by atoms with Crippen molar-refractivity contribution in [3.05, 3.63) is 108 Å². The van der Waals surface area contributed by atoms with E-state index in [0.29, 0.717) is 19.1 Å². The van der Waals surface area contributed by atoms with Crippen LogP contribution in [0.5, 0.6) is 11.5 Å². The molecule has 1 aliphatic heterocycles. The molecule has 1 aliphatic rings. The second-order valence-electron chi connectivity index (χ2n) is 8.80. The first-order valence-electron chi connectivity index (χ1n) is 11.9. The van der Waals surface area contributed by atoms with Crippen molar-refractivity contribution in [2.24, 2.45) is 0 Å². The van der Waals surface area contributed by atoms with Crippen molar-refractivity contribution in [2.75, 3.05) is 20.2 Å². The monoisotopic (exact) mass is 489 g/mol. The average molecular weight is 490 g/mol. The Morgan fingerprint density at radius 3 is 2.43 bits per heavy atom.